The highest BCUT2D eigenvalue weighted by Crippen LogP contribution is 2.44. The maximum absolute atomic E-state index is 2.43. The average Bonchev–Trinajstić information content (AvgIpc) is 3.42. The minimum absolute atomic E-state index is 0. The van der Waals surface area contributed by atoms with Crippen LogP contribution < -0.4 is 4.90 Å². The predicted octanol–water partition coefficient (Wildman–Crippen LogP) is 16.7. The zero-order valence-corrected chi connectivity index (χ0v) is 33.2. The summed E-state index contributed by atoms with van der Waals surface area (Å²) in [6.07, 6.45) is 1.97. The summed E-state index contributed by atoms with van der Waals surface area (Å²) in [7, 11) is 2.23. The molecule has 0 aromatic heterocycles. The molecule has 0 saturated heterocycles. The summed E-state index contributed by atoms with van der Waals surface area (Å²) in [6.45, 7) is 4.51. The Hall–Kier alpha value is -6.96. The monoisotopic (exact) mass is 773 g/mol. The van der Waals surface area contributed by atoms with E-state index in [1.165, 1.54) is 121 Å². The number of fused-ring (bicyclic) bond motifs is 6. The minimum atomic E-state index is 0. The summed E-state index contributed by atoms with van der Waals surface area (Å²) < 4.78 is 0. The maximum atomic E-state index is 2.43. The molecule has 10 aromatic rings. The number of hydrogen-bond acceptors (Lipinski definition) is 1. The summed E-state index contributed by atoms with van der Waals surface area (Å²) in [5.74, 6) is 0. The smallest absolute Gasteiger partial charge is 0.0441 e. The van der Waals surface area contributed by atoms with Gasteiger partial charge >= 0.3 is 0 Å². The molecule has 0 N–H and O–H groups in total. The zero-order valence-electron chi connectivity index (χ0n) is 33.2. The van der Waals surface area contributed by atoms with Crippen molar-refractivity contribution in [2.75, 3.05) is 11.9 Å². The molecule has 0 radical (unpaired) electrons. The van der Waals surface area contributed by atoms with Gasteiger partial charge in [-0.3, -0.25) is 0 Å². The molecule has 0 aliphatic carbocycles. The third-order valence-corrected chi connectivity index (χ3v) is 12.9. The van der Waals surface area contributed by atoms with Gasteiger partial charge in [0.1, 0.15) is 0 Å². The van der Waals surface area contributed by atoms with E-state index in [0.717, 1.165) is 12.8 Å². The number of anilines is 2. The van der Waals surface area contributed by atoms with Crippen LogP contribution in [0, 0.1) is 13.8 Å². The van der Waals surface area contributed by atoms with Crippen molar-refractivity contribution >= 4 is 54.5 Å². The van der Waals surface area contributed by atoms with Gasteiger partial charge in [0.2, 0.25) is 0 Å². The molecule has 0 fully saturated rings. The van der Waals surface area contributed by atoms with E-state index in [2.05, 4.69) is 208 Å². The minimum Gasteiger partial charge on any atom is -0.344 e. The van der Waals surface area contributed by atoms with E-state index in [1.807, 2.05) is 0 Å². The molecule has 60 heavy (non-hydrogen) atoms. The molecule has 1 aliphatic rings. The van der Waals surface area contributed by atoms with Crippen molar-refractivity contribution in [3.63, 3.8) is 0 Å². The highest BCUT2D eigenvalue weighted by atomic mass is 15.1. The van der Waals surface area contributed by atoms with Crippen LogP contribution in [-0.2, 0) is 12.8 Å². The third kappa shape index (κ3) is 6.16. The van der Waals surface area contributed by atoms with Gasteiger partial charge in [0, 0.05) is 18.4 Å². The van der Waals surface area contributed by atoms with Crippen molar-refractivity contribution in [2.24, 2.45) is 0 Å². The number of aryl methyl sites for hydroxylation is 4. The van der Waals surface area contributed by atoms with Crippen LogP contribution in [0.2, 0.25) is 0 Å². The second-order valence-electron chi connectivity index (χ2n) is 16.1. The molecule has 292 valence electrons. The van der Waals surface area contributed by atoms with Gasteiger partial charge in [0.15, 0.2) is 0 Å². The lowest BCUT2D eigenvalue weighted by Crippen LogP contribution is -2.11. The van der Waals surface area contributed by atoms with Gasteiger partial charge in [-0.15, -0.1) is 0 Å². The van der Waals surface area contributed by atoms with Gasteiger partial charge < -0.3 is 4.90 Å². The number of nitrogens with zero attached hydrogens (tertiary/aromatic N) is 1. The normalized spacial score (nSPS) is 12.2. The fourth-order valence-corrected chi connectivity index (χ4v) is 10.0. The van der Waals surface area contributed by atoms with Crippen LogP contribution in [0.15, 0.2) is 182 Å². The summed E-state index contributed by atoms with van der Waals surface area (Å²) in [4.78, 5) is 2.40. The maximum Gasteiger partial charge on any atom is 0.0441 e. The van der Waals surface area contributed by atoms with E-state index in [0.29, 0.717) is 0 Å². The lowest BCUT2D eigenvalue weighted by Gasteiger charge is -2.23. The lowest BCUT2D eigenvalue weighted by molar-refractivity contribution is 0.978. The first-order valence-electron chi connectivity index (χ1n) is 20.5. The Kier molecular flexibility index (Phi) is 9.85. The van der Waals surface area contributed by atoms with Crippen molar-refractivity contribution in [1.29, 1.82) is 0 Å². The van der Waals surface area contributed by atoms with E-state index < -0.39 is 0 Å². The molecule has 0 bridgehead atoms. The Morgan fingerprint density at radius 2 is 0.617 bits per heavy atom. The van der Waals surface area contributed by atoms with E-state index in [1.54, 1.807) is 0 Å². The van der Waals surface area contributed by atoms with Gasteiger partial charge in [0.05, 0.1) is 0 Å². The molecule has 0 atom stereocenters. The summed E-state index contributed by atoms with van der Waals surface area (Å²) >= 11 is 0. The fraction of sp³-hybridized carbons (Fsp3) is 0.119. The van der Waals surface area contributed by atoms with Crippen LogP contribution in [0.25, 0.3) is 87.6 Å². The first kappa shape index (κ1) is 38.6. The second-order valence-corrected chi connectivity index (χ2v) is 16.1. The van der Waals surface area contributed by atoms with Crippen molar-refractivity contribution in [1.82, 2.24) is 0 Å². The van der Waals surface area contributed by atoms with Crippen molar-refractivity contribution in [2.45, 2.75) is 41.5 Å². The van der Waals surface area contributed by atoms with E-state index >= 15 is 0 Å². The van der Waals surface area contributed by atoms with E-state index in [9.17, 15) is 0 Å². The Morgan fingerprint density at radius 3 is 0.967 bits per heavy atom. The van der Waals surface area contributed by atoms with E-state index in [4.69, 9.17) is 0 Å². The highest BCUT2D eigenvalue weighted by molar-refractivity contribution is 6.16. The van der Waals surface area contributed by atoms with Gasteiger partial charge in [0.25, 0.3) is 0 Å². The Balaban J connectivity index is 0.00000231. The number of rotatable bonds is 4. The van der Waals surface area contributed by atoms with Gasteiger partial charge in [-0.25, -0.2) is 0 Å². The first-order valence-corrected chi connectivity index (χ1v) is 20.5. The standard InChI is InChI=1S/C57H43N.2CH4/c1-36-46-18-4-8-22-50(46)56(51-23-9-5-19-47(36)51)44-16-12-14-38(34-44)40-28-30-54-42(32-40)26-27-43-33-41(29-31-55(43)58(54)3)39-15-13-17-45(35-39)57-52-24-10-6-20-48(52)37(2)49-21-7-11-25-53(49)57;;/h4-25,28-35H,26-27H2,1-3H3;2*1H4. The summed E-state index contributed by atoms with van der Waals surface area (Å²) in [5.41, 5.74) is 18.1. The summed E-state index contributed by atoms with van der Waals surface area (Å²) in [5, 5.41) is 10.5. The largest absolute Gasteiger partial charge is 0.344 e. The lowest BCUT2D eigenvalue weighted by atomic mass is 9.88. The highest BCUT2D eigenvalue weighted by Gasteiger charge is 2.21. The molecular formula is C59H51N. The number of hydrogen-bond donors (Lipinski definition) is 0. The topological polar surface area (TPSA) is 3.24 Å². The third-order valence-electron chi connectivity index (χ3n) is 12.9. The van der Waals surface area contributed by atoms with Crippen LogP contribution in [0.3, 0.4) is 0 Å². The van der Waals surface area contributed by atoms with E-state index in [-0.39, 0.29) is 14.9 Å². The van der Waals surface area contributed by atoms with Crippen LogP contribution in [-0.4, -0.2) is 7.05 Å². The molecule has 0 unspecified atom stereocenters. The molecule has 10 aromatic carbocycles. The molecule has 1 heteroatoms. The average molecular weight is 774 g/mol. The van der Waals surface area contributed by atoms with Crippen LogP contribution in [0.5, 0.6) is 0 Å². The van der Waals surface area contributed by atoms with Crippen molar-refractivity contribution < 1.29 is 0 Å². The fourth-order valence-electron chi connectivity index (χ4n) is 10.0. The second kappa shape index (κ2) is 15.3. The molecule has 0 amide bonds. The van der Waals surface area contributed by atoms with Gasteiger partial charge in [-0.1, -0.05) is 160 Å². The Morgan fingerprint density at radius 1 is 0.317 bits per heavy atom. The Bertz CT molecular complexity index is 2940. The molecule has 0 saturated carbocycles. The van der Waals surface area contributed by atoms with Crippen LogP contribution in [0.4, 0.5) is 11.4 Å². The molecular weight excluding hydrogens is 723 g/mol. The quantitative estimate of drug-likeness (QED) is 0.161. The number of benzene rings is 10. The molecule has 1 heterocycles. The molecule has 1 aliphatic heterocycles. The predicted molar refractivity (Wildman–Crippen MR) is 263 cm³/mol. The molecule has 11 rings (SSSR count). The van der Waals surface area contributed by atoms with Crippen molar-refractivity contribution in [3.8, 4) is 44.5 Å². The van der Waals surface area contributed by atoms with Crippen LogP contribution in [0.1, 0.15) is 37.1 Å². The van der Waals surface area contributed by atoms with Crippen LogP contribution >= 0.6 is 0 Å². The van der Waals surface area contributed by atoms with Gasteiger partial charge in [-0.05, 0) is 173 Å². The summed E-state index contributed by atoms with van der Waals surface area (Å²) in [6, 6.07) is 67.9. The van der Waals surface area contributed by atoms with Gasteiger partial charge in [-0.2, -0.15) is 0 Å². The van der Waals surface area contributed by atoms with Crippen molar-refractivity contribution in [3.05, 3.63) is 204 Å². The molecule has 0 spiro atoms. The SMILES string of the molecule is C.C.Cc1c2ccccc2c(-c2cccc(-c3ccc4c(c3)CCc3cc(-c5cccc(-c6c7ccccc7c(C)c7ccccc67)c5)ccc3N4C)c2)c2ccccc12. The zero-order chi connectivity index (χ0) is 38.9. The Labute approximate surface area is 355 Å². The first-order chi connectivity index (χ1) is 28.5. The molecule has 1 nitrogen and oxygen atoms in total.